The highest BCUT2D eigenvalue weighted by Gasteiger charge is 2.35. The van der Waals surface area contributed by atoms with Crippen molar-refractivity contribution in [1.82, 2.24) is 15.2 Å². The van der Waals surface area contributed by atoms with Crippen LogP contribution in [0, 0.1) is 5.41 Å². The quantitative estimate of drug-likeness (QED) is 0.826. The number of rotatable bonds is 7. The Morgan fingerprint density at radius 1 is 1.40 bits per heavy atom. The monoisotopic (exact) mass is 277 g/mol. The summed E-state index contributed by atoms with van der Waals surface area (Å²) in [6.07, 6.45) is 4.86. The van der Waals surface area contributed by atoms with E-state index in [1.807, 2.05) is 12.4 Å². The molecule has 1 aliphatic heterocycles. The van der Waals surface area contributed by atoms with Crippen LogP contribution in [0.15, 0.2) is 24.5 Å². The Morgan fingerprint density at radius 3 is 2.75 bits per heavy atom. The number of nitrogens with zero attached hydrogens (tertiary/aromatic N) is 2. The number of nitrogens with one attached hydrogen (secondary N) is 1. The summed E-state index contributed by atoms with van der Waals surface area (Å²) in [6.45, 7) is 9.22. The lowest BCUT2D eigenvalue weighted by molar-refractivity contribution is 0.115. The average Bonchev–Trinajstić information content (AvgIpc) is 2.86. The summed E-state index contributed by atoms with van der Waals surface area (Å²) in [5.74, 6) is 0. The summed E-state index contributed by atoms with van der Waals surface area (Å²) >= 11 is 0. The summed E-state index contributed by atoms with van der Waals surface area (Å²) in [4.78, 5) is 6.46. The van der Waals surface area contributed by atoms with E-state index in [2.05, 4.69) is 48.2 Å². The van der Waals surface area contributed by atoms with Crippen LogP contribution in [0.25, 0.3) is 0 Å². The maximum Gasteiger partial charge on any atom is 0.0547 e. The van der Waals surface area contributed by atoms with Crippen molar-refractivity contribution < 1.29 is 4.74 Å². The van der Waals surface area contributed by atoms with Crippen molar-refractivity contribution >= 4 is 0 Å². The number of pyridine rings is 1. The van der Waals surface area contributed by atoms with Gasteiger partial charge in [-0.05, 0) is 31.2 Å². The molecule has 0 aromatic carbocycles. The first-order valence-electron chi connectivity index (χ1n) is 7.48. The molecule has 0 bridgehead atoms. The molecule has 1 atom stereocenters. The first-order valence-corrected chi connectivity index (χ1v) is 7.48. The summed E-state index contributed by atoms with van der Waals surface area (Å²) in [5.41, 5.74) is 1.57. The molecule has 0 saturated carbocycles. The van der Waals surface area contributed by atoms with Crippen LogP contribution in [-0.2, 0) is 11.3 Å². The summed E-state index contributed by atoms with van der Waals surface area (Å²) in [5, 5.41) is 3.58. The molecule has 1 fully saturated rings. The molecule has 112 valence electrons. The Hall–Kier alpha value is -0.970. The highest BCUT2D eigenvalue weighted by atomic mass is 16.5. The molecule has 1 aromatic heterocycles. The van der Waals surface area contributed by atoms with Gasteiger partial charge in [0.15, 0.2) is 0 Å². The fraction of sp³-hybridized carbons (Fsp3) is 0.688. The van der Waals surface area contributed by atoms with E-state index in [1.54, 1.807) is 0 Å². The highest BCUT2D eigenvalue weighted by Crippen LogP contribution is 2.29. The van der Waals surface area contributed by atoms with Crippen LogP contribution in [0.2, 0.25) is 0 Å². The minimum absolute atomic E-state index is 0.256. The first-order chi connectivity index (χ1) is 9.60. The molecular weight excluding hydrogens is 250 g/mol. The van der Waals surface area contributed by atoms with Crippen LogP contribution in [0.4, 0.5) is 0 Å². The topological polar surface area (TPSA) is 37.4 Å². The molecule has 1 aromatic rings. The molecule has 0 radical (unpaired) electrons. The van der Waals surface area contributed by atoms with Crippen LogP contribution >= 0.6 is 0 Å². The molecule has 4 nitrogen and oxygen atoms in total. The molecule has 4 heteroatoms. The fourth-order valence-electron chi connectivity index (χ4n) is 2.82. The van der Waals surface area contributed by atoms with Gasteiger partial charge in [-0.2, -0.15) is 0 Å². The Bertz CT molecular complexity index is 388. The minimum Gasteiger partial charge on any atom is -0.381 e. The van der Waals surface area contributed by atoms with Gasteiger partial charge in [0, 0.05) is 50.1 Å². The normalized spacial score (nSPS) is 22.9. The standard InChI is InChI=1S/C16H27N3O/c1-14(2)18-11-16(6-9-20-13-16)12-19(3)10-15-4-7-17-8-5-15/h4-5,7-8,14,18H,6,9-13H2,1-3H3. The van der Waals surface area contributed by atoms with Crippen molar-refractivity contribution in [1.29, 1.82) is 0 Å². The highest BCUT2D eigenvalue weighted by molar-refractivity contribution is 5.09. The van der Waals surface area contributed by atoms with Gasteiger partial charge >= 0.3 is 0 Å². The van der Waals surface area contributed by atoms with E-state index in [4.69, 9.17) is 4.74 Å². The van der Waals surface area contributed by atoms with Gasteiger partial charge in [-0.1, -0.05) is 13.8 Å². The van der Waals surface area contributed by atoms with E-state index in [9.17, 15) is 0 Å². The van der Waals surface area contributed by atoms with Gasteiger partial charge in [-0.3, -0.25) is 4.98 Å². The summed E-state index contributed by atoms with van der Waals surface area (Å²) in [6, 6.07) is 4.69. The number of hydrogen-bond donors (Lipinski definition) is 1. The zero-order valence-electron chi connectivity index (χ0n) is 12.9. The van der Waals surface area contributed by atoms with Crippen LogP contribution in [0.5, 0.6) is 0 Å². The van der Waals surface area contributed by atoms with Crippen molar-refractivity contribution in [3.63, 3.8) is 0 Å². The molecular formula is C16H27N3O. The predicted octanol–water partition coefficient (Wildman–Crippen LogP) is 1.92. The smallest absolute Gasteiger partial charge is 0.0547 e. The van der Waals surface area contributed by atoms with E-state index < -0.39 is 0 Å². The Kier molecular flexibility index (Phi) is 5.52. The average molecular weight is 277 g/mol. The molecule has 0 spiro atoms. The largest absolute Gasteiger partial charge is 0.381 e. The summed E-state index contributed by atoms with van der Waals surface area (Å²) in [7, 11) is 2.19. The number of aromatic nitrogens is 1. The van der Waals surface area contributed by atoms with Gasteiger partial charge < -0.3 is 15.0 Å². The van der Waals surface area contributed by atoms with E-state index in [0.29, 0.717) is 6.04 Å². The molecule has 2 rings (SSSR count). The van der Waals surface area contributed by atoms with E-state index >= 15 is 0 Å². The first kappa shape index (κ1) is 15.4. The van der Waals surface area contributed by atoms with Crippen LogP contribution in [0.3, 0.4) is 0 Å². The second-order valence-corrected chi connectivity index (χ2v) is 6.37. The fourth-order valence-corrected chi connectivity index (χ4v) is 2.82. The zero-order chi connectivity index (χ0) is 14.4. The lowest BCUT2D eigenvalue weighted by Crippen LogP contribution is -2.45. The van der Waals surface area contributed by atoms with Crippen molar-refractivity contribution in [2.24, 2.45) is 5.41 Å². The molecule has 1 N–H and O–H groups in total. The van der Waals surface area contributed by atoms with Gasteiger partial charge in [0.05, 0.1) is 6.61 Å². The van der Waals surface area contributed by atoms with Crippen molar-refractivity contribution in [2.45, 2.75) is 32.9 Å². The summed E-state index contributed by atoms with van der Waals surface area (Å²) < 4.78 is 5.67. The SMILES string of the molecule is CC(C)NCC1(CN(C)Cc2ccncc2)CCOC1. The molecule has 1 aliphatic rings. The predicted molar refractivity (Wildman–Crippen MR) is 81.6 cm³/mol. The third-order valence-corrected chi connectivity index (χ3v) is 3.88. The van der Waals surface area contributed by atoms with Gasteiger partial charge in [0.2, 0.25) is 0 Å². The maximum absolute atomic E-state index is 5.67. The van der Waals surface area contributed by atoms with Gasteiger partial charge in [-0.15, -0.1) is 0 Å². The number of ether oxygens (including phenoxy) is 1. The molecule has 20 heavy (non-hydrogen) atoms. The number of hydrogen-bond acceptors (Lipinski definition) is 4. The lowest BCUT2D eigenvalue weighted by atomic mass is 9.86. The van der Waals surface area contributed by atoms with Gasteiger partial charge in [0.25, 0.3) is 0 Å². The lowest BCUT2D eigenvalue weighted by Gasteiger charge is -2.33. The molecule has 2 heterocycles. The molecule has 0 aliphatic carbocycles. The van der Waals surface area contributed by atoms with Crippen molar-refractivity contribution in [3.8, 4) is 0 Å². The van der Waals surface area contributed by atoms with Crippen molar-refractivity contribution in [3.05, 3.63) is 30.1 Å². The zero-order valence-corrected chi connectivity index (χ0v) is 12.9. The van der Waals surface area contributed by atoms with Crippen molar-refractivity contribution in [2.75, 3.05) is 33.4 Å². The molecule has 0 amide bonds. The van der Waals surface area contributed by atoms with Crippen LogP contribution < -0.4 is 5.32 Å². The van der Waals surface area contributed by atoms with E-state index in [0.717, 1.165) is 39.3 Å². The third kappa shape index (κ3) is 4.54. The molecule has 1 unspecified atom stereocenters. The maximum atomic E-state index is 5.67. The second kappa shape index (κ2) is 7.16. The van der Waals surface area contributed by atoms with Gasteiger partial charge in [0.1, 0.15) is 0 Å². The van der Waals surface area contributed by atoms with Gasteiger partial charge in [-0.25, -0.2) is 0 Å². The second-order valence-electron chi connectivity index (χ2n) is 6.37. The van der Waals surface area contributed by atoms with Crippen LogP contribution in [0.1, 0.15) is 25.8 Å². The third-order valence-electron chi connectivity index (χ3n) is 3.88. The molecule has 1 saturated heterocycles. The van der Waals surface area contributed by atoms with Crippen LogP contribution in [-0.4, -0.2) is 49.3 Å². The Morgan fingerprint density at radius 2 is 2.15 bits per heavy atom. The Balaban J connectivity index is 1.90. The van der Waals surface area contributed by atoms with E-state index in [1.165, 1.54) is 5.56 Å². The minimum atomic E-state index is 0.256. The Labute approximate surface area is 122 Å². The van der Waals surface area contributed by atoms with E-state index in [-0.39, 0.29) is 5.41 Å².